The topological polar surface area (TPSA) is 67.2 Å². The molecule has 1 aliphatic rings. The Morgan fingerprint density at radius 1 is 1.17 bits per heavy atom. The van der Waals surface area contributed by atoms with E-state index >= 15 is 0 Å². The zero-order valence-electron chi connectivity index (χ0n) is 16.6. The van der Waals surface area contributed by atoms with E-state index in [2.05, 4.69) is 10.4 Å². The summed E-state index contributed by atoms with van der Waals surface area (Å²) >= 11 is 12.5. The van der Waals surface area contributed by atoms with Gasteiger partial charge in [0.25, 0.3) is 5.91 Å². The smallest absolute Gasteiger partial charge is 0.272 e. The Labute approximate surface area is 185 Å². The van der Waals surface area contributed by atoms with Gasteiger partial charge in [0.15, 0.2) is 5.69 Å². The Balaban J connectivity index is 1.77. The molecule has 2 aromatic carbocycles. The summed E-state index contributed by atoms with van der Waals surface area (Å²) in [4.78, 5) is 13.1. The molecule has 0 saturated heterocycles. The van der Waals surface area contributed by atoms with Crippen molar-refractivity contribution >= 4 is 29.1 Å². The first kappa shape index (κ1) is 20.9. The van der Waals surface area contributed by atoms with E-state index in [1.807, 2.05) is 37.3 Å². The fourth-order valence-corrected chi connectivity index (χ4v) is 4.51. The van der Waals surface area contributed by atoms with Crippen molar-refractivity contribution < 1.29 is 9.90 Å². The molecule has 156 valence electrons. The molecule has 3 aromatic rings. The monoisotopic (exact) mass is 443 g/mol. The van der Waals surface area contributed by atoms with E-state index in [0.717, 1.165) is 36.1 Å². The number of rotatable bonds is 4. The van der Waals surface area contributed by atoms with Crippen LogP contribution in [0.1, 0.15) is 41.7 Å². The number of benzene rings is 2. The van der Waals surface area contributed by atoms with Gasteiger partial charge in [-0.25, -0.2) is 4.68 Å². The summed E-state index contributed by atoms with van der Waals surface area (Å²) < 4.78 is 1.70. The molecular formula is C23H23Cl2N3O2. The van der Waals surface area contributed by atoms with Gasteiger partial charge in [-0.1, -0.05) is 53.5 Å². The van der Waals surface area contributed by atoms with Gasteiger partial charge in [0.1, 0.15) is 0 Å². The molecule has 2 atom stereocenters. The Kier molecular flexibility index (Phi) is 6.14. The average Bonchev–Trinajstić information content (AvgIpc) is 3.05. The number of carbonyl (C=O) groups excluding carboxylic acids is 1. The highest BCUT2D eigenvalue weighted by molar-refractivity contribution is 6.35. The molecule has 5 nitrogen and oxygen atoms in total. The number of hydrogen-bond donors (Lipinski definition) is 2. The lowest BCUT2D eigenvalue weighted by molar-refractivity contribution is 0.0844. The molecule has 1 fully saturated rings. The van der Waals surface area contributed by atoms with E-state index in [9.17, 15) is 9.90 Å². The molecule has 1 saturated carbocycles. The molecule has 0 bridgehead atoms. The molecule has 30 heavy (non-hydrogen) atoms. The number of nitrogens with one attached hydrogen (secondary N) is 1. The first-order valence-electron chi connectivity index (χ1n) is 10.0. The van der Waals surface area contributed by atoms with Crippen LogP contribution in [0.25, 0.3) is 16.9 Å². The van der Waals surface area contributed by atoms with E-state index < -0.39 is 0 Å². The van der Waals surface area contributed by atoms with Crippen molar-refractivity contribution in [3.05, 3.63) is 69.8 Å². The highest BCUT2D eigenvalue weighted by atomic mass is 35.5. The van der Waals surface area contributed by atoms with Crippen molar-refractivity contribution in [2.45, 2.75) is 44.8 Å². The normalized spacial score (nSPS) is 18.9. The van der Waals surface area contributed by atoms with Crippen molar-refractivity contribution in [2.75, 3.05) is 0 Å². The van der Waals surface area contributed by atoms with Crippen LogP contribution in [0.15, 0.2) is 48.5 Å². The van der Waals surface area contributed by atoms with Crippen molar-refractivity contribution in [1.29, 1.82) is 0 Å². The Bertz CT molecular complexity index is 1070. The van der Waals surface area contributed by atoms with Crippen LogP contribution in [-0.4, -0.2) is 32.9 Å². The van der Waals surface area contributed by atoms with Crippen LogP contribution in [0.5, 0.6) is 0 Å². The summed E-state index contributed by atoms with van der Waals surface area (Å²) in [5, 5.41) is 18.6. The molecule has 1 aliphatic carbocycles. The van der Waals surface area contributed by atoms with Gasteiger partial charge in [0.2, 0.25) is 0 Å². The van der Waals surface area contributed by atoms with Crippen LogP contribution in [0, 0.1) is 6.92 Å². The van der Waals surface area contributed by atoms with Gasteiger partial charge >= 0.3 is 0 Å². The molecule has 2 N–H and O–H groups in total. The molecule has 0 spiro atoms. The lowest BCUT2D eigenvalue weighted by atomic mass is 9.93. The van der Waals surface area contributed by atoms with Crippen LogP contribution in [0.3, 0.4) is 0 Å². The fourth-order valence-electron chi connectivity index (χ4n) is 4.02. The number of amides is 1. The van der Waals surface area contributed by atoms with Crippen molar-refractivity contribution in [3.63, 3.8) is 0 Å². The summed E-state index contributed by atoms with van der Waals surface area (Å²) in [6.07, 6.45) is 2.75. The molecule has 1 amide bonds. The van der Waals surface area contributed by atoms with Crippen LogP contribution in [-0.2, 0) is 0 Å². The average molecular weight is 444 g/mol. The second kappa shape index (κ2) is 8.80. The van der Waals surface area contributed by atoms with E-state index in [4.69, 9.17) is 23.2 Å². The SMILES string of the molecule is Cc1c(C(=O)NC2CCCC(O)C2)nn(-c2ccc(Cl)cc2Cl)c1-c1ccccc1. The van der Waals surface area contributed by atoms with E-state index in [1.54, 1.807) is 22.9 Å². The minimum Gasteiger partial charge on any atom is -0.393 e. The predicted octanol–water partition coefficient (Wildman–Crippen LogP) is 5.19. The molecule has 1 aromatic heterocycles. The summed E-state index contributed by atoms with van der Waals surface area (Å²) in [7, 11) is 0. The van der Waals surface area contributed by atoms with Crippen LogP contribution in [0.4, 0.5) is 0 Å². The molecule has 7 heteroatoms. The van der Waals surface area contributed by atoms with Gasteiger partial charge in [0.05, 0.1) is 22.5 Å². The van der Waals surface area contributed by atoms with Crippen molar-refractivity contribution in [3.8, 4) is 16.9 Å². The van der Waals surface area contributed by atoms with Crippen molar-refractivity contribution in [2.24, 2.45) is 0 Å². The van der Waals surface area contributed by atoms with Gasteiger partial charge in [-0.3, -0.25) is 4.79 Å². The lowest BCUT2D eigenvalue weighted by Crippen LogP contribution is -2.40. The van der Waals surface area contributed by atoms with E-state index in [1.165, 1.54) is 0 Å². The first-order chi connectivity index (χ1) is 14.4. The maximum Gasteiger partial charge on any atom is 0.272 e. The zero-order chi connectivity index (χ0) is 21.3. The number of nitrogens with zero attached hydrogens (tertiary/aromatic N) is 2. The molecule has 1 heterocycles. The highest BCUT2D eigenvalue weighted by Crippen LogP contribution is 2.32. The van der Waals surface area contributed by atoms with Gasteiger partial charge in [-0.15, -0.1) is 0 Å². The Hall–Kier alpha value is -2.34. The molecule has 0 aliphatic heterocycles. The number of aromatic nitrogens is 2. The maximum atomic E-state index is 13.1. The number of aliphatic hydroxyl groups is 1. The quantitative estimate of drug-likeness (QED) is 0.582. The fraction of sp³-hybridized carbons (Fsp3) is 0.304. The van der Waals surface area contributed by atoms with Crippen LogP contribution >= 0.6 is 23.2 Å². The third-order valence-corrected chi connectivity index (χ3v) is 6.04. The standard InChI is InChI=1S/C23H23Cl2N3O2/c1-14-21(23(30)26-17-8-5-9-18(29)13-17)27-28(20-11-10-16(24)12-19(20)25)22(14)15-6-3-2-4-7-15/h2-4,6-7,10-12,17-18,29H,5,8-9,13H2,1H3,(H,26,30). The summed E-state index contributed by atoms with van der Waals surface area (Å²) in [6.45, 7) is 1.89. The number of aliphatic hydroxyl groups excluding tert-OH is 1. The minimum absolute atomic E-state index is 0.0508. The van der Waals surface area contributed by atoms with E-state index in [0.29, 0.717) is 27.8 Å². The summed E-state index contributed by atoms with van der Waals surface area (Å²) in [5.74, 6) is -0.243. The Morgan fingerprint density at radius 2 is 1.93 bits per heavy atom. The summed E-state index contributed by atoms with van der Waals surface area (Å²) in [6, 6.07) is 14.9. The highest BCUT2D eigenvalue weighted by Gasteiger charge is 2.27. The second-order valence-corrected chi connectivity index (χ2v) is 8.53. The lowest BCUT2D eigenvalue weighted by Gasteiger charge is -2.26. The van der Waals surface area contributed by atoms with E-state index in [-0.39, 0.29) is 18.1 Å². The second-order valence-electron chi connectivity index (χ2n) is 7.69. The van der Waals surface area contributed by atoms with Crippen LogP contribution < -0.4 is 5.32 Å². The largest absolute Gasteiger partial charge is 0.393 e. The van der Waals surface area contributed by atoms with Crippen molar-refractivity contribution in [1.82, 2.24) is 15.1 Å². The maximum absolute atomic E-state index is 13.1. The molecule has 4 rings (SSSR count). The summed E-state index contributed by atoms with van der Waals surface area (Å²) in [5.41, 5.74) is 3.49. The van der Waals surface area contributed by atoms with Gasteiger partial charge in [0, 0.05) is 22.2 Å². The third kappa shape index (κ3) is 4.24. The van der Waals surface area contributed by atoms with Crippen LogP contribution in [0.2, 0.25) is 10.0 Å². The van der Waals surface area contributed by atoms with Gasteiger partial charge in [-0.2, -0.15) is 5.10 Å². The molecular weight excluding hydrogens is 421 g/mol. The predicted molar refractivity (Wildman–Crippen MR) is 119 cm³/mol. The Morgan fingerprint density at radius 3 is 2.63 bits per heavy atom. The number of carbonyl (C=O) groups is 1. The number of hydrogen-bond acceptors (Lipinski definition) is 3. The molecule has 2 unspecified atom stereocenters. The molecule has 0 radical (unpaired) electrons. The number of halogens is 2. The first-order valence-corrected chi connectivity index (χ1v) is 10.8. The minimum atomic E-state index is -0.365. The third-order valence-electron chi connectivity index (χ3n) is 5.50. The zero-order valence-corrected chi connectivity index (χ0v) is 18.1. The van der Waals surface area contributed by atoms with Gasteiger partial charge in [-0.05, 0) is 50.8 Å². The van der Waals surface area contributed by atoms with Gasteiger partial charge < -0.3 is 10.4 Å².